The number of hydrogen-bond donors (Lipinski definition) is 2. The zero-order valence-corrected chi connectivity index (χ0v) is 22.4. The van der Waals surface area contributed by atoms with Crippen molar-refractivity contribution in [2.75, 3.05) is 25.5 Å². The lowest BCUT2D eigenvalue weighted by Crippen LogP contribution is -2.46. The molecule has 0 unspecified atom stereocenters. The number of piperidine rings is 1. The topological polar surface area (TPSA) is 93.2 Å². The number of alkyl halides is 4. The van der Waals surface area contributed by atoms with Gasteiger partial charge in [0.15, 0.2) is 0 Å². The number of aromatic nitrogens is 4. The third-order valence-electron chi connectivity index (χ3n) is 7.04. The summed E-state index contributed by atoms with van der Waals surface area (Å²) in [6.45, 7) is 3.60. The molecule has 0 bridgehead atoms. The summed E-state index contributed by atoms with van der Waals surface area (Å²) in [6, 6.07) is 7.89. The number of benzene rings is 1. The molecule has 0 saturated carbocycles. The zero-order chi connectivity index (χ0) is 28.6. The minimum absolute atomic E-state index is 0.0420. The SMILES string of the molecule is CC(C)n1ccc(C(=O)NCc2nc(-c3cc4c(N[C@@H]5CCN(C)C[C@@H]5F)cccc4n3CC(F)(F)F)no2)c1. The molecule has 2 N–H and O–H groups in total. The van der Waals surface area contributed by atoms with Gasteiger partial charge in [-0.1, -0.05) is 11.2 Å². The van der Waals surface area contributed by atoms with Crippen molar-refractivity contribution in [1.82, 2.24) is 29.5 Å². The van der Waals surface area contributed by atoms with Gasteiger partial charge in [-0.25, -0.2) is 4.39 Å². The van der Waals surface area contributed by atoms with Crippen LogP contribution in [0.15, 0.2) is 47.2 Å². The minimum atomic E-state index is -4.52. The van der Waals surface area contributed by atoms with Crippen LogP contribution in [0.5, 0.6) is 0 Å². The van der Waals surface area contributed by atoms with Crippen molar-refractivity contribution in [1.29, 1.82) is 0 Å². The molecule has 5 rings (SSSR count). The van der Waals surface area contributed by atoms with Crippen LogP contribution in [-0.4, -0.2) is 68.6 Å². The highest BCUT2D eigenvalue weighted by Crippen LogP contribution is 2.35. The summed E-state index contributed by atoms with van der Waals surface area (Å²) in [6.07, 6.45) is -1.56. The van der Waals surface area contributed by atoms with E-state index in [1.54, 1.807) is 42.7 Å². The first-order valence-electron chi connectivity index (χ1n) is 13.1. The maximum Gasteiger partial charge on any atom is 0.406 e. The molecule has 2 atom stereocenters. The average Bonchev–Trinajstić information content (AvgIpc) is 3.63. The first-order valence-corrected chi connectivity index (χ1v) is 13.1. The molecule has 4 aromatic rings. The Hall–Kier alpha value is -3.87. The number of rotatable bonds is 8. The molecule has 1 saturated heterocycles. The second-order valence-corrected chi connectivity index (χ2v) is 10.4. The number of likely N-dealkylation sites (tertiary alicyclic amines) is 1. The van der Waals surface area contributed by atoms with E-state index in [0.717, 1.165) is 4.57 Å². The Morgan fingerprint density at radius 3 is 2.75 bits per heavy atom. The summed E-state index contributed by atoms with van der Waals surface area (Å²) in [5.41, 5.74) is 1.38. The van der Waals surface area contributed by atoms with E-state index in [2.05, 4.69) is 20.8 Å². The maximum atomic E-state index is 14.7. The van der Waals surface area contributed by atoms with E-state index in [-0.39, 0.29) is 42.4 Å². The Labute approximate surface area is 228 Å². The van der Waals surface area contributed by atoms with Crippen LogP contribution in [0.1, 0.15) is 42.6 Å². The number of nitrogens with zero attached hydrogens (tertiary/aromatic N) is 5. The number of anilines is 1. The number of halogens is 4. The first kappa shape index (κ1) is 27.7. The predicted molar refractivity (Wildman–Crippen MR) is 142 cm³/mol. The highest BCUT2D eigenvalue weighted by Gasteiger charge is 2.32. The van der Waals surface area contributed by atoms with E-state index in [4.69, 9.17) is 4.52 Å². The molecule has 1 aliphatic rings. The van der Waals surface area contributed by atoms with E-state index in [1.807, 2.05) is 30.4 Å². The van der Waals surface area contributed by atoms with Crippen molar-refractivity contribution in [3.8, 4) is 11.5 Å². The van der Waals surface area contributed by atoms with Crippen LogP contribution in [0, 0.1) is 0 Å². The molecule has 3 aromatic heterocycles. The molecule has 1 aliphatic heterocycles. The standard InChI is InChI=1S/C27H31F4N7O2/c1-16(2)37-10-7-17(13-37)26(39)32-12-24-34-25(35-40-24)23-11-18-20(33-21-8-9-36(3)14-19(21)28)5-4-6-22(18)38(23)15-27(29,30)31/h4-7,10-11,13,16,19,21,33H,8-9,12,14-15H2,1-3H3,(H,32,39)/t19-,21+/m0/s1. The molecule has 0 radical (unpaired) electrons. The Kier molecular flexibility index (Phi) is 7.58. The second-order valence-electron chi connectivity index (χ2n) is 10.4. The molecule has 214 valence electrons. The fourth-order valence-corrected chi connectivity index (χ4v) is 4.92. The molecular formula is C27H31F4N7O2. The highest BCUT2D eigenvalue weighted by atomic mass is 19.4. The largest absolute Gasteiger partial charge is 0.406 e. The monoisotopic (exact) mass is 561 g/mol. The van der Waals surface area contributed by atoms with E-state index in [9.17, 15) is 22.4 Å². The number of nitrogens with one attached hydrogen (secondary N) is 2. The van der Waals surface area contributed by atoms with Gasteiger partial charge in [0.1, 0.15) is 12.7 Å². The summed E-state index contributed by atoms with van der Waals surface area (Å²) >= 11 is 0. The van der Waals surface area contributed by atoms with Gasteiger partial charge in [0, 0.05) is 42.6 Å². The smallest absolute Gasteiger partial charge is 0.379 e. The van der Waals surface area contributed by atoms with Crippen LogP contribution in [0.2, 0.25) is 0 Å². The van der Waals surface area contributed by atoms with E-state index in [1.165, 1.54) is 0 Å². The summed E-state index contributed by atoms with van der Waals surface area (Å²) in [4.78, 5) is 18.7. The minimum Gasteiger partial charge on any atom is -0.379 e. The fourth-order valence-electron chi connectivity index (χ4n) is 4.92. The molecule has 4 heterocycles. The lowest BCUT2D eigenvalue weighted by atomic mass is 10.0. The van der Waals surface area contributed by atoms with E-state index >= 15 is 0 Å². The lowest BCUT2D eigenvalue weighted by Gasteiger charge is -2.33. The molecule has 40 heavy (non-hydrogen) atoms. The van der Waals surface area contributed by atoms with Crippen molar-refractivity contribution in [3.05, 3.63) is 54.2 Å². The van der Waals surface area contributed by atoms with Crippen LogP contribution in [0.4, 0.5) is 23.2 Å². The quantitative estimate of drug-likeness (QED) is 0.294. The summed E-state index contributed by atoms with van der Waals surface area (Å²) < 4.78 is 63.8. The number of fused-ring (bicyclic) bond motifs is 1. The maximum absolute atomic E-state index is 14.7. The van der Waals surface area contributed by atoms with Gasteiger partial charge >= 0.3 is 6.18 Å². The Balaban J connectivity index is 1.40. The Morgan fingerprint density at radius 1 is 1.25 bits per heavy atom. The van der Waals surface area contributed by atoms with Gasteiger partial charge in [-0.05, 0) is 51.6 Å². The van der Waals surface area contributed by atoms with Gasteiger partial charge in [0.25, 0.3) is 5.91 Å². The third-order valence-corrected chi connectivity index (χ3v) is 7.04. The van der Waals surface area contributed by atoms with E-state index in [0.29, 0.717) is 35.1 Å². The molecule has 1 amide bonds. The van der Waals surface area contributed by atoms with Crippen LogP contribution in [0.25, 0.3) is 22.4 Å². The normalized spacial score (nSPS) is 18.5. The molecule has 0 aliphatic carbocycles. The van der Waals surface area contributed by atoms with E-state index < -0.39 is 24.9 Å². The molecule has 13 heteroatoms. The second kappa shape index (κ2) is 11.0. The molecule has 1 aromatic carbocycles. The lowest BCUT2D eigenvalue weighted by molar-refractivity contribution is -0.139. The first-order chi connectivity index (χ1) is 19.0. The highest BCUT2D eigenvalue weighted by molar-refractivity contribution is 5.96. The van der Waals surface area contributed by atoms with Crippen molar-refractivity contribution in [3.63, 3.8) is 0 Å². The van der Waals surface area contributed by atoms with Crippen molar-refractivity contribution < 1.29 is 26.9 Å². The Morgan fingerprint density at radius 2 is 2.05 bits per heavy atom. The molecule has 0 spiro atoms. The van der Waals surface area contributed by atoms with Crippen LogP contribution in [-0.2, 0) is 13.1 Å². The van der Waals surface area contributed by atoms with Crippen molar-refractivity contribution in [2.45, 2.75) is 57.8 Å². The predicted octanol–water partition coefficient (Wildman–Crippen LogP) is 5.02. The van der Waals surface area contributed by atoms with Gasteiger partial charge in [-0.15, -0.1) is 0 Å². The summed E-state index contributed by atoms with van der Waals surface area (Å²) in [5.74, 6) is -0.356. The van der Waals surface area contributed by atoms with Gasteiger partial charge in [-0.3, -0.25) is 4.79 Å². The van der Waals surface area contributed by atoms with Gasteiger partial charge in [0.2, 0.25) is 11.7 Å². The summed E-state index contributed by atoms with van der Waals surface area (Å²) in [7, 11) is 1.85. The molecule has 9 nitrogen and oxygen atoms in total. The molecular weight excluding hydrogens is 530 g/mol. The number of carbonyl (C=O) groups excluding carboxylic acids is 1. The van der Waals surface area contributed by atoms with Gasteiger partial charge in [-0.2, -0.15) is 18.2 Å². The van der Waals surface area contributed by atoms with Crippen molar-refractivity contribution in [2.24, 2.45) is 0 Å². The van der Waals surface area contributed by atoms with Gasteiger partial charge < -0.3 is 29.2 Å². The number of hydrogen-bond acceptors (Lipinski definition) is 6. The van der Waals surface area contributed by atoms with Crippen molar-refractivity contribution >= 4 is 22.5 Å². The summed E-state index contributed by atoms with van der Waals surface area (Å²) in [5, 5.41) is 10.3. The third kappa shape index (κ3) is 5.98. The number of carbonyl (C=O) groups is 1. The fraction of sp³-hybridized carbons (Fsp3) is 0.444. The number of amides is 1. The van der Waals surface area contributed by atoms with Crippen LogP contribution >= 0.6 is 0 Å². The van der Waals surface area contributed by atoms with Crippen LogP contribution in [0.3, 0.4) is 0 Å². The average molecular weight is 562 g/mol. The molecule has 1 fully saturated rings. The zero-order valence-electron chi connectivity index (χ0n) is 22.4. The Bertz CT molecular complexity index is 1490. The van der Waals surface area contributed by atoms with Crippen LogP contribution < -0.4 is 10.6 Å². The van der Waals surface area contributed by atoms with Gasteiger partial charge in [0.05, 0.1) is 29.4 Å².